The number of aliphatic hydroxyl groups is 1. The molecule has 136 valence electrons. The molecule has 0 radical (unpaired) electrons. The summed E-state index contributed by atoms with van der Waals surface area (Å²) in [4.78, 5) is 1.99. The number of nitrogens with zero attached hydrogens (tertiary/aromatic N) is 3. The Bertz CT molecular complexity index is 703. The summed E-state index contributed by atoms with van der Waals surface area (Å²) in [5.74, 6) is 0. The second-order valence-electron chi connectivity index (χ2n) is 7.54. The van der Waals surface area contributed by atoms with Gasteiger partial charge in [-0.3, -0.25) is 9.58 Å². The molecule has 2 aromatic rings. The van der Waals surface area contributed by atoms with E-state index >= 15 is 0 Å². The smallest absolute Gasteiger partial charge is 0.216 e. The molecule has 0 bridgehead atoms. The van der Waals surface area contributed by atoms with Crippen molar-refractivity contribution >= 4 is 15.9 Å². The molecule has 0 spiro atoms. The molecule has 1 aromatic carbocycles. The van der Waals surface area contributed by atoms with Gasteiger partial charge < -0.3 is 9.84 Å². The zero-order valence-electron chi connectivity index (χ0n) is 15.0. The molecular formula is C19H26BrN3O2. The van der Waals surface area contributed by atoms with Crippen molar-refractivity contribution in [2.24, 2.45) is 0 Å². The molecule has 0 amide bonds. The number of hydrogen-bond donors (Lipinski definition) is 1. The monoisotopic (exact) mass is 407 g/mol. The first-order valence-electron chi connectivity index (χ1n) is 8.72. The average molecular weight is 408 g/mol. The van der Waals surface area contributed by atoms with Crippen LogP contribution in [0.1, 0.15) is 39.7 Å². The van der Waals surface area contributed by atoms with Gasteiger partial charge in [-0.15, -0.1) is 0 Å². The molecule has 1 aliphatic rings. The highest BCUT2D eigenvalue weighted by Gasteiger charge is 2.28. The van der Waals surface area contributed by atoms with Gasteiger partial charge in [-0.2, -0.15) is 5.10 Å². The maximum atomic E-state index is 10.2. The largest absolute Gasteiger partial charge is 0.356 e. The molecule has 1 fully saturated rings. The number of aromatic nitrogens is 2. The maximum Gasteiger partial charge on any atom is 0.216 e. The number of hydrogen-bond acceptors (Lipinski definition) is 4. The summed E-state index contributed by atoms with van der Waals surface area (Å²) in [7, 11) is 0. The summed E-state index contributed by atoms with van der Waals surface area (Å²) >= 11 is 3.52. The Labute approximate surface area is 157 Å². The predicted molar refractivity (Wildman–Crippen MR) is 102 cm³/mol. The van der Waals surface area contributed by atoms with Crippen LogP contribution in [0, 0.1) is 0 Å². The van der Waals surface area contributed by atoms with Crippen molar-refractivity contribution in [2.45, 2.75) is 51.7 Å². The zero-order valence-corrected chi connectivity index (χ0v) is 16.6. The summed E-state index contributed by atoms with van der Waals surface area (Å²) in [6, 6.07) is 8.61. The third-order valence-electron chi connectivity index (χ3n) is 4.40. The van der Waals surface area contributed by atoms with Crippen molar-refractivity contribution < 1.29 is 9.84 Å². The Kier molecular flexibility index (Phi) is 5.63. The van der Waals surface area contributed by atoms with Crippen LogP contribution in [0.3, 0.4) is 0 Å². The van der Waals surface area contributed by atoms with E-state index < -0.39 is 6.41 Å². The van der Waals surface area contributed by atoms with Gasteiger partial charge in [0.25, 0.3) is 0 Å². The molecule has 25 heavy (non-hydrogen) atoms. The minimum absolute atomic E-state index is 0.350. The average Bonchev–Trinajstić information content (AvgIpc) is 3.03. The molecule has 0 saturated carbocycles. The van der Waals surface area contributed by atoms with Gasteiger partial charge >= 0.3 is 0 Å². The van der Waals surface area contributed by atoms with Crippen molar-refractivity contribution in [1.82, 2.24) is 14.7 Å². The standard InChI is InChI=1S/C19H26BrN3O2/c1-19(2,3)25-18(24)22-9-7-17(8-10-22)23-13-15(12-21-23)14-5-4-6-16(20)11-14/h4-6,11-13,17-18,24H,7-10H2,1-3H3. The van der Waals surface area contributed by atoms with Crippen molar-refractivity contribution in [3.8, 4) is 11.1 Å². The first-order valence-corrected chi connectivity index (χ1v) is 9.51. The quantitative estimate of drug-likeness (QED) is 0.776. The molecule has 6 heteroatoms. The maximum absolute atomic E-state index is 10.2. The fraction of sp³-hybridized carbons (Fsp3) is 0.526. The van der Waals surface area contributed by atoms with Gasteiger partial charge in [0.1, 0.15) is 0 Å². The number of ether oxygens (including phenoxy) is 1. The molecule has 2 heterocycles. The van der Waals surface area contributed by atoms with Crippen molar-refractivity contribution in [3.63, 3.8) is 0 Å². The lowest BCUT2D eigenvalue weighted by Crippen LogP contribution is -2.46. The van der Waals surface area contributed by atoms with E-state index in [1.165, 1.54) is 0 Å². The van der Waals surface area contributed by atoms with Gasteiger partial charge in [-0.25, -0.2) is 0 Å². The summed E-state index contributed by atoms with van der Waals surface area (Å²) in [6.45, 7) is 7.46. The fourth-order valence-electron chi connectivity index (χ4n) is 3.12. The van der Waals surface area contributed by atoms with Gasteiger partial charge in [0, 0.05) is 29.3 Å². The normalized spacial score (nSPS) is 18.4. The summed E-state index contributed by atoms with van der Waals surface area (Å²) in [5.41, 5.74) is 1.93. The second kappa shape index (κ2) is 7.58. The Balaban J connectivity index is 1.60. The molecule has 1 atom stereocenters. The molecule has 1 unspecified atom stereocenters. The van der Waals surface area contributed by atoms with Gasteiger partial charge in [-0.05, 0) is 51.3 Å². The number of aliphatic hydroxyl groups excluding tert-OH is 1. The Morgan fingerprint density at radius 1 is 1.24 bits per heavy atom. The van der Waals surface area contributed by atoms with Crippen molar-refractivity contribution in [1.29, 1.82) is 0 Å². The van der Waals surface area contributed by atoms with E-state index in [0.29, 0.717) is 6.04 Å². The SMILES string of the molecule is CC(C)(C)OC(O)N1CCC(n2cc(-c3cccc(Br)c3)cn2)CC1. The highest BCUT2D eigenvalue weighted by atomic mass is 79.9. The second-order valence-corrected chi connectivity index (χ2v) is 8.46. The highest BCUT2D eigenvalue weighted by molar-refractivity contribution is 9.10. The lowest BCUT2D eigenvalue weighted by atomic mass is 10.1. The van der Waals surface area contributed by atoms with Crippen LogP contribution in [0.4, 0.5) is 0 Å². The first-order chi connectivity index (χ1) is 11.8. The first kappa shape index (κ1) is 18.6. The van der Waals surface area contributed by atoms with E-state index in [0.717, 1.165) is 41.5 Å². The fourth-order valence-corrected chi connectivity index (χ4v) is 3.52. The molecule has 3 rings (SSSR count). The van der Waals surface area contributed by atoms with Crippen LogP contribution < -0.4 is 0 Å². The van der Waals surface area contributed by atoms with E-state index in [4.69, 9.17) is 4.74 Å². The molecule has 5 nitrogen and oxygen atoms in total. The highest BCUT2D eigenvalue weighted by Crippen LogP contribution is 2.27. The Morgan fingerprint density at radius 2 is 1.96 bits per heavy atom. The van der Waals surface area contributed by atoms with Crippen LogP contribution in [0.5, 0.6) is 0 Å². The minimum atomic E-state index is -0.837. The van der Waals surface area contributed by atoms with Crippen LogP contribution in [-0.2, 0) is 4.74 Å². The molecule has 1 aliphatic heterocycles. The molecule has 1 saturated heterocycles. The van der Waals surface area contributed by atoms with E-state index in [2.05, 4.69) is 44.0 Å². The van der Waals surface area contributed by atoms with Crippen LogP contribution in [0.2, 0.25) is 0 Å². The number of likely N-dealkylation sites (tertiary alicyclic amines) is 1. The third-order valence-corrected chi connectivity index (χ3v) is 4.90. The van der Waals surface area contributed by atoms with E-state index in [1.807, 2.05) is 44.0 Å². The minimum Gasteiger partial charge on any atom is -0.356 e. The molecule has 1 N–H and O–H groups in total. The van der Waals surface area contributed by atoms with E-state index in [1.54, 1.807) is 0 Å². The number of benzene rings is 1. The lowest BCUT2D eigenvalue weighted by molar-refractivity contribution is -0.243. The van der Waals surface area contributed by atoms with Gasteiger partial charge in [0.05, 0.1) is 17.8 Å². The molecule has 1 aromatic heterocycles. The molecule has 0 aliphatic carbocycles. The number of halogens is 1. The van der Waals surface area contributed by atoms with Crippen molar-refractivity contribution in [3.05, 3.63) is 41.1 Å². The summed E-state index contributed by atoms with van der Waals surface area (Å²) in [6.07, 6.45) is 5.10. The predicted octanol–water partition coefficient (Wildman–Crippen LogP) is 4.04. The van der Waals surface area contributed by atoms with Crippen LogP contribution in [-0.4, -0.2) is 44.9 Å². The van der Waals surface area contributed by atoms with Gasteiger partial charge in [0.15, 0.2) is 0 Å². The van der Waals surface area contributed by atoms with Gasteiger partial charge in [0.2, 0.25) is 6.41 Å². The van der Waals surface area contributed by atoms with E-state index in [9.17, 15) is 5.11 Å². The van der Waals surface area contributed by atoms with Crippen LogP contribution in [0.15, 0.2) is 41.1 Å². The summed E-state index contributed by atoms with van der Waals surface area (Å²) in [5, 5.41) is 14.8. The van der Waals surface area contributed by atoms with E-state index in [-0.39, 0.29) is 5.60 Å². The number of piperidine rings is 1. The van der Waals surface area contributed by atoms with Crippen LogP contribution >= 0.6 is 15.9 Å². The number of rotatable bonds is 4. The topological polar surface area (TPSA) is 50.5 Å². The molecular weight excluding hydrogens is 382 g/mol. The summed E-state index contributed by atoms with van der Waals surface area (Å²) < 4.78 is 8.77. The lowest BCUT2D eigenvalue weighted by Gasteiger charge is -2.37. The Hall–Kier alpha value is -1.21. The Morgan fingerprint density at radius 3 is 2.60 bits per heavy atom. The van der Waals surface area contributed by atoms with Gasteiger partial charge in [-0.1, -0.05) is 28.1 Å². The third kappa shape index (κ3) is 4.91. The van der Waals surface area contributed by atoms with Crippen LogP contribution in [0.25, 0.3) is 11.1 Å². The zero-order chi connectivity index (χ0) is 18.0. The van der Waals surface area contributed by atoms with Crippen molar-refractivity contribution in [2.75, 3.05) is 13.1 Å².